The summed E-state index contributed by atoms with van der Waals surface area (Å²) in [5.74, 6) is 0.200. The van der Waals surface area contributed by atoms with Crippen LogP contribution in [0.5, 0.6) is 5.75 Å². The monoisotopic (exact) mass is 212 g/mol. The van der Waals surface area contributed by atoms with E-state index in [1.807, 2.05) is 0 Å². The lowest BCUT2D eigenvalue weighted by Crippen LogP contribution is -2.37. The Kier molecular flexibility index (Phi) is 3.58. The zero-order valence-corrected chi connectivity index (χ0v) is 7.82. The first-order valence-corrected chi connectivity index (χ1v) is 3.90. The van der Waals surface area contributed by atoms with Crippen LogP contribution in [0, 0.1) is 10.1 Å². The van der Waals surface area contributed by atoms with E-state index >= 15 is 0 Å². The molecule has 0 atom stereocenters. The maximum absolute atomic E-state index is 11.1. The van der Waals surface area contributed by atoms with Crippen molar-refractivity contribution in [3.63, 3.8) is 0 Å². The zero-order chi connectivity index (χ0) is 11.3. The Labute approximate surface area is 84.9 Å². The van der Waals surface area contributed by atoms with Crippen LogP contribution in [0.15, 0.2) is 30.3 Å². The molecule has 0 aromatic heterocycles. The number of carbonyl (C=O) groups excluding carboxylic acids is 1. The second kappa shape index (κ2) is 4.91. The summed E-state index contributed by atoms with van der Waals surface area (Å²) in [6, 6.07) is 7.97. The molecule has 1 amide bonds. The molecule has 1 aromatic carbocycles. The summed E-state index contributed by atoms with van der Waals surface area (Å²) < 4.78 is 4.65. The molecule has 0 fully saturated rings. The highest BCUT2D eigenvalue weighted by Crippen LogP contribution is 2.10. The van der Waals surface area contributed by atoms with E-state index in [2.05, 4.69) is 9.57 Å². The normalized spacial score (nSPS) is 9.40. The Balaban J connectivity index is 2.66. The summed E-state index contributed by atoms with van der Waals surface area (Å²) in [7, 11) is 0.995. The fourth-order valence-corrected chi connectivity index (χ4v) is 0.836. The minimum Gasteiger partial charge on any atom is -0.405 e. The maximum atomic E-state index is 11.1. The van der Waals surface area contributed by atoms with E-state index in [0.717, 1.165) is 7.11 Å². The van der Waals surface area contributed by atoms with Gasteiger partial charge in [-0.3, -0.25) is 0 Å². The van der Waals surface area contributed by atoms with E-state index in [9.17, 15) is 14.9 Å². The highest BCUT2D eigenvalue weighted by Gasteiger charge is 2.27. The molecule has 15 heavy (non-hydrogen) atoms. The van der Waals surface area contributed by atoms with Gasteiger partial charge >= 0.3 is 6.09 Å². The number of amides is 1. The maximum Gasteiger partial charge on any atom is 0.503 e. The summed E-state index contributed by atoms with van der Waals surface area (Å²) in [5.41, 5.74) is 0. The number of rotatable bonds is 3. The number of hydrogen-bond donors (Lipinski definition) is 0. The van der Waals surface area contributed by atoms with Gasteiger partial charge in [0.1, 0.15) is 10.9 Å². The SMILES string of the molecule is CON(C(=O)Oc1ccccc1)[N+](=O)[O-]. The van der Waals surface area contributed by atoms with Crippen LogP contribution in [0.4, 0.5) is 4.79 Å². The average molecular weight is 212 g/mol. The van der Waals surface area contributed by atoms with E-state index in [1.165, 1.54) is 12.1 Å². The summed E-state index contributed by atoms with van der Waals surface area (Å²) in [6.07, 6.45) is -1.21. The van der Waals surface area contributed by atoms with Crippen molar-refractivity contribution in [3.05, 3.63) is 40.4 Å². The minimum atomic E-state index is -1.21. The van der Waals surface area contributed by atoms with Crippen molar-refractivity contribution < 1.29 is 19.4 Å². The predicted molar refractivity (Wildman–Crippen MR) is 48.3 cm³/mol. The van der Waals surface area contributed by atoms with Crippen molar-refractivity contribution in [2.75, 3.05) is 7.11 Å². The third-order valence-corrected chi connectivity index (χ3v) is 1.43. The molecule has 0 saturated heterocycles. The third kappa shape index (κ3) is 2.92. The fourth-order valence-electron chi connectivity index (χ4n) is 0.836. The van der Waals surface area contributed by atoms with Gasteiger partial charge in [-0.1, -0.05) is 18.2 Å². The van der Waals surface area contributed by atoms with Gasteiger partial charge in [-0.15, -0.1) is 0 Å². The van der Waals surface area contributed by atoms with Crippen LogP contribution in [0.25, 0.3) is 0 Å². The molecule has 0 heterocycles. The van der Waals surface area contributed by atoms with Crippen LogP contribution >= 0.6 is 0 Å². The number of nitrogens with zero attached hydrogens (tertiary/aromatic N) is 2. The number of benzene rings is 1. The third-order valence-electron chi connectivity index (χ3n) is 1.43. The molecular formula is C8H8N2O5. The summed E-state index contributed by atoms with van der Waals surface area (Å²) in [6.45, 7) is 0. The number of nitro groups is 1. The van der Waals surface area contributed by atoms with Gasteiger partial charge in [0.25, 0.3) is 0 Å². The topological polar surface area (TPSA) is 81.9 Å². The minimum absolute atomic E-state index is 0.104. The Morgan fingerprint density at radius 1 is 1.40 bits per heavy atom. The first-order valence-electron chi connectivity index (χ1n) is 3.90. The molecule has 0 aliphatic heterocycles. The molecule has 7 nitrogen and oxygen atoms in total. The van der Waals surface area contributed by atoms with Gasteiger partial charge < -0.3 is 4.74 Å². The standard InChI is InChI=1S/C8H8N2O5/c1-14-9(10(12)13)8(11)15-7-5-3-2-4-6-7/h2-6H,1H3. The van der Waals surface area contributed by atoms with Crippen LogP contribution in [-0.4, -0.2) is 23.4 Å². The van der Waals surface area contributed by atoms with Gasteiger partial charge in [0.05, 0.1) is 7.11 Å². The molecule has 0 bridgehead atoms. The van der Waals surface area contributed by atoms with Crippen LogP contribution in [0.1, 0.15) is 0 Å². The van der Waals surface area contributed by atoms with Crippen LogP contribution < -0.4 is 4.74 Å². The van der Waals surface area contributed by atoms with Crippen molar-refractivity contribution in [3.8, 4) is 5.75 Å². The van der Waals surface area contributed by atoms with Crippen LogP contribution in [0.3, 0.4) is 0 Å². The van der Waals surface area contributed by atoms with E-state index in [0.29, 0.717) is 0 Å². The molecular weight excluding hydrogens is 204 g/mol. The van der Waals surface area contributed by atoms with Crippen molar-refractivity contribution in [2.45, 2.75) is 0 Å². The summed E-state index contributed by atoms with van der Waals surface area (Å²) >= 11 is 0. The molecule has 0 aliphatic rings. The van der Waals surface area contributed by atoms with Crippen molar-refractivity contribution in [1.82, 2.24) is 5.17 Å². The average Bonchev–Trinajstić information content (AvgIpc) is 2.19. The van der Waals surface area contributed by atoms with Crippen molar-refractivity contribution in [2.24, 2.45) is 0 Å². The Morgan fingerprint density at radius 2 is 2.00 bits per heavy atom. The van der Waals surface area contributed by atoms with Gasteiger partial charge in [-0.2, -0.15) is 0 Å². The molecule has 1 aromatic rings. The van der Waals surface area contributed by atoms with E-state index in [-0.39, 0.29) is 10.9 Å². The smallest absolute Gasteiger partial charge is 0.405 e. The highest BCUT2D eigenvalue weighted by atomic mass is 16.9. The van der Waals surface area contributed by atoms with Gasteiger partial charge in [-0.05, 0) is 12.1 Å². The molecule has 7 heteroatoms. The first kappa shape index (κ1) is 10.9. The fraction of sp³-hybridized carbons (Fsp3) is 0.125. The van der Waals surface area contributed by atoms with Gasteiger partial charge in [0, 0.05) is 0 Å². The molecule has 0 spiro atoms. The van der Waals surface area contributed by atoms with Gasteiger partial charge in [-0.25, -0.2) is 19.7 Å². The quantitative estimate of drug-likeness (QED) is 0.556. The summed E-state index contributed by atoms with van der Waals surface area (Å²) in [5, 5.41) is 9.14. The zero-order valence-electron chi connectivity index (χ0n) is 7.82. The second-order valence-electron chi connectivity index (χ2n) is 2.37. The van der Waals surface area contributed by atoms with Gasteiger partial charge in [0.15, 0.2) is 5.03 Å². The number of hydrazine groups is 1. The molecule has 0 radical (unpaired) electrons. The molecule has 0 aliphatic carbocycles. The van der Waals surface area contributed by atoms with E-state index in [4.69, 9.17) is 0 Å². The lowest BCUT2D eigenvalue weighted by molar-refractivity contribution is -0.707. The second-order valence-corrected chi connectivity index (χ2v) is 2.37. The number of carbonyl (C=O) groups is 1. The molecule has 0 N–H and O–H groups in total. The first-order chi connectivity index (χ1) is 7.15. The van der Waals surface area contributed by atoms with Crippen LogP contribution in [0.2, 0.25) is 0 Å². The Bertz CT molecular complexity index is 353. The Hall–Kier alpha value is -2.15. The lowest BCUT2D eigenvalue weighted by Gasteiger charge is -2.08. The van der Waals surface area contributed by atoms with Gasteiger partial charge in [0.2, 0.25) is 0 Å². The molecule has 0 unspecified atom stereocenters. The molecule has 1 rings (SSSR count). The number of ether oxygens (including phenoxy) is 1. The number of hydroxylamine groups is 1. The van der Waals surface area contributed by atoms with Crippen LogP contribution in [-0.2, 0) is 4.84 Å². The largest absolute Gasteiger partial charge is 0.503 e. The summed E-state index contributed by atoms with van der Waals surface area (Å²) in [4.78, 5) is 25.6. The molecule has 80 valence electrons. The predicted octanol–water partition coefficient (Wildman–Crippen LogP) is 1.24. The lowest BCUT2D eigenvalue weighted by atomic mass is 10.3. The number of hydrogen-bond acceptors (Lipinski definition) is 5. The van der Waals surface area contributed by atoms with Crippen molar-refractivity contribution in [1.29, 1.82) is 0 Å². The molecule has 0 saturated carbocycles. The van der Waals surface area contributed by atoms with E-state index in [1.54, 1.807) is 18.2 Å². The van der Waals surface area contributed by atoms with Crippen molar-refractivity contribution >= 4 is 6.09 Å². The Morgan fingerprint density at radius 3 is 2.47 bits per heavy atom. The number of para-hydroxylation sites is 1. The van der Waals surface area contributed by atoms with E-state index < -0.39 is 11.1 Å². The highest BCUT2D eigenvalue weighted by molar-refractivity contribution is 5.68.